The van der Waals surface area contributed by atoms with E-state index in [1.165, 1.54) is 0 Å². The van der Waals surface area contributed by atoms with Crippen LogP contribution in [-0.2, 0) is 4.74 Å². The molecule has 1 aromatic carbocycles. The van der Waals surface area contributed by atoms with Gasteiger partial charge in [0.1, 0.15) is 12.4 Å². The summed E-state index contributed by atoms with van der Waals surface area (Å²) in [5.74, 6) is 1.22. The molecule has 0 saturated heterocycles. The molecule has 1 atom stereocenters. The molecule has 1 rings (SSSR count). The van der Waals surface area contributed by atoms with E-state index < -0.39 is 0 Å². The number of carbonyl (C=O) groups is 1. The van der Waals surface area contributed by atoms with Gasteiger partial charge in [0.25, 0.3) is 0 Å². The third kappa shape index (κ3) is 8.74. The highest BCUT2D eigenvalue weighted by molar-refractivity contribution is 6.30. The van der Waals surface area contributed by atoms with Gasteiger partial charge < -0.3 is 20.1 Å². The highest BCUT2D eigenvalue weighted by Gasteiger charge is 2.07. The molecule has 124 valence electrons. The van der Waals surface area contributed by atoms with Crippen molar-refractivity contribution >= 4 is 17.6 Å². The van der Waals surface area contributed by atoms with Gasteiger partial charge in [-0.3, -0.25) is 0 Å². The van der Waals surface area contributed by atoms with Crippen molar-refractivity contribution in [3.8, 4) is 5.75 Å². The molecule has 1 aromatic rings. The highest BCUT2D eigenvalue weighted by Crippen LogP contribution is 2.14. The molecule has 6 heteroatoms. The standard InChI is InChI=1S/C16H25ClN2O3/c1-12(2)10-21-11-13(3)19-16(20)18-8-9-22-15-6-4-14(17)5-7-15/h4-7,12-13H,8-11H2,1-3H3,(H2,18,19,20). The van der Waals surface area contributed by atoms with Gasteiger partial charge in [0.15, 0.2) is 0 Å². The average molecular weight is 329 g/mol. The fourth-order valence-electron chi connectivity index (χ4n) is 1.66. The van der Waals surface area contributed by atoms with Crippen LogP contribution < -0.4 is 15.4 Å². The lowest BCUT2D eigenvalue weighted by molar-refractivity contribution is 0.0954. The van der Waals surface area contributed by atoms with Gasteiger partial charge in [-0.05, 0) is 37.1 Å². The normalized spacial score (nSPS) is 12.0. The van der Waals surface area contributed by atoms with Crippen molar-refractivity contribution in [3.05, 3.63) is 29.3 Å². The van der Waals surface area contributed by atoms with Crippen LogP contribution in [0.5, 0.6) is 5.75 Å². The molecule has 0 fully saturated rings. The molecule has 0 aromatic heterocycles. The van der Waals surface area contributed by atoms with Crippen LogP contribution in [-0.4, -0.2) is 38.4 Å². The van der Waals surface area contributed by atoms with Gasteiger partial charge in [-0.25, -0.2) is 4.79 Å². The maximum Gasteiger partial charge on any atom is 0.315 e. The molecule has 1 unspecified atom stereocenters. The number of rotatable bonds is 9. The van der Waals surface area contributed by atoms with Crippen LogP contribution >= 0.6 is 11.6 Å². The van der Waals surface area contributed by atoms with Crippen LogP contribution in [0.2, 0.25) is 5.02 Å². The van der Waals surface area contributed by atoms with Crippen molar-refractivity contribution in [2.24, 2.45) is 5.92 Å². The minimum absolute atomic E-state index is 0.0315. The molecule has 0 aliphatic carbocycles. The largest absolute Gasteiger partial charge is 0.492 e. The predicted molar refractivity (Wildman–Crippen MR) is 88.6 cm³/mol. The van der Waals surface area contributed by atoms with Crippen molar-refractivity contribution in [3.63, 3.8) is 0 Å². The van der Waals surface area contributed by atoms with E-state index in [0.29, 0.717) is 37.3 Å². The van der Waals surface area contributed by atoms with E-state index in [-0.39, 0.29) is 12.1 Å². The van der Waals surface area contributed by atoms with Gasteiger partial charge in [0.05, 0.1) is 19.2 Å². The van der Waals surface area contributed by atoms with Crippen LogP contribution in [0.25, 0.3) is 0 Å². The molecular formula is C16H25ClN2O3. The molecular weight excluding hydrogens is 304 g/mol. The lowest BCUT2D eigenvalue weighted by atomic mass is 10.2. The number of hydrogen-bond acceptors (Lipinski definition) is 3. The lowest BCUT2D eigenvalue weighted by Crippen LogP contribution is -2.44. The van der Waals surface area contributed by atoms with Crippen LogP contribution in [0.15, 0.2) is 24.3 Å². The minimum atomic E-state index is -0.222. The summed E-state index contributed by atoms with van der Waals surface area (Å²) >= 11 is 5.79. The van der Waals surface area contributed by atoms with Crippen molar-refractivity contribution in [2.75, 3.05) is 26.4 Å². The third-order valence-electron chi connectivity index (χ3n) is 2.67. The van der Waals surface area contributed by atoms with E-state index in [0.717, 1.165) is 5.75 Å². The van der Waals surface area contributed by atoms with Crippen molar-refractivity contribution in [2.45, 2.75) is 26.8 Å². The summed E-state index contributed by atoms with van der Waals surface area (Å²) in [6.07, 6.45) is 0. The van der Waals surface area contributed by atoms with Gasteiger partial charge in [0, 0.05) is 11.6 Å². The summed E-state index contributed by atoms with van der Waals surface area (Å²) in [4.78, 5) is 11.7. The van der Waals surface area contributed by atoms with Gasteiger partial charge in [-0.2, -0.15) is 0 Å². The van der Waals surface area contributed by atoms with Crippen molar-refractivity contribution in [1.82, 2.24) is 10.6 Å². The summed E-state index contributed by atoms with van der Waals surface area (Å²) in [6.45, 7) is 8.11. The second-order valence-electron chi connectivity index (χ2n) is 5.53. The molecule has 2 amide bonds. The van der Waals surface area contributed by atoms with Gasteiger partial charge in [-0.15, -0.1) is 0 Å². The number of hydrogen-bond donors (Lipinski definition) is 2. The predicted octanol–water partition coefficient (Wildman–Crippen LogP) is 3.08. The average Bonchev–Trinajstić information content (AvgIpc) is 2.45. The number of nitrogens with one attached hydrogen (secondary N) is 2. The molecule has 0 bridgehead atoms. The fraction of sp³-hybridized carbons (Fsp3) is 0.562. The first kappa shape index (κ1) is 18.6. The Hall–Kier alpha value is -1.46. The monoisotopic (exact) mass is 328 g/mol. The Morgan fingerprint density at radius 2 is 1.86 bits per heavy atom. The molecule has 0 radical (unpaired) electrons. The van der Waals surface area contributed by atoms with Crippen molar-refractivity contribution in [1.29, 1.82) is 0 Å². The van der Waals surface area contributed by atoms with Crippen LogP contribution in [0.3, 0.4) is 0 Å². The van der Waals surface area contributed by atoms with Crippen LogP contribution in [0.4, 0.5) is 4.79 Å². The van der Waals surface area contributed by atoms with Crippen molar-refractivity contribution < 1.29 is 14.3 Å². The van der Waals surface area contributed by atoms with Gasteiger partial charge in [-0.1, -0.05) is 25.4 Å². The maximum atomic E-state index is 11.7. The zero-order chi connectivity index (χ0) is 16.4. The Labute approximate surface area is 137 Å². The third-order valence-corrected chi connectivity index (χ3v) is 2.92. The van der Waals surface area contributed by atoms with E-state index in [1.54, 1.807) is 24.3 Å². The Morgan fingerprint density at radius 3 is 2.50 bits per heavy atom. The molecule has 2 N–H and O–H groups in total. The number of benzene rings is 1. The first-order valence-electron chi connectivity index (χ1n) is 7.48. The lowest BCUT2D eigenvalue weighted by Gasteiger charge is -2.16. The summed E-state index contributed by atoms with van der Waals surface area (Å²) in [6, 6.07) is 6.84. The van der Waals surface area contributed by atoms with Gasteiger partial charge in [0.2, 0.25) is 0 Å². The van der Waals surface area contributed by atoms with E-state index in [2.05, 4.69) is 24.5 Å². The first-order chi connectivity index (χ1) is 10.5. The number of amides is 2. The zero-order valence-electron chi connectivity index (χ0n) is 13.4. The summed E-state index contributed by atoms with van der Waals surface area (Å²) in [7, 11) is 0. The topological polar surface area (TPSA) is 59.6 Å². The van der Waals surface area contributed by atoms with Crippen LogP contribution in [0, 0.1) is 5.92 Å². The number of ether oxygens (including phenoxy) is 2. The van der Waals surface area contributed by atoms with E-state index in [1.807, 2.05) is 6.92 Å². The van der Waals surface area contributed by atoms with E-state index in [9.17, 15) is 4.79 Å². The second kappa shape index (κ2) is 10.3. The van der Waals surface area contributed by atoms with Gasteiger partial charge >= 0.3 is 6.03 Å². The fourth-order valence-corrected chi connectivity index (χ4v) is 1.79. The summed E-state index contributed by atoms with van der Waals surface area (Å²) < 4.78 is 11.0. The molecule has 0 spiro atoms. The maximum absolute atomic E-state index is 11.7. The molecule has 0 aliphatic rings. The molecule has 5 nitrogen and oxygen atoms in total. The Morgan fingerprint density at radius 1 is 1.18 bits per heavy atom. The summed E-state index contributed by atoms with van der Waals surface area (Å²) in [5.41, 5.74) is 0. The molecule has 22 heavy (non-hydrogen) atoms. The molecule has 0 aliphatic heterocycles. The highest BCUT2D eigenvalue weighted by atomic mass is 35.5. The Balaban J connectivity index is 2.08. The SMILES string of the molecule is CC(C)COCC(C)NC(=O)NCCOc1ccc(Cl)cc1. The Kier molecular flexibility index (Phi) is 8.70. The van der Waals surface area contributed by atoms with Crippen LogP contribution in [0.1, 0.15) is 20.8 Å². The second-order valence-corrected chi connectivity index (χ2v) is 5.97. The first-order valence-corrected chi connectivity index (χ1v) is 7.85. The number of urea groups is 1. The minimum Gasteiger partial charge on any atom is -0.492 e. The smallest absolute Gasteiger partial charge is 0.315 e. The van der Waals surface area contributed by atoms with E-state index >= 15 is 0 Å². The van der Waals surface area contributed by atoms with E-state index in [4.69, 9.17) is 21.1 Å². The number of halogens is 1. The molecule has 0 heterocycles. The molecule has 0 saturated carbocycles. The summed E-state index contributed by atoms with van der Waals surface area (Å²) in [5, 5.41) is 6.21. The Bertz CT molecular complexity index is 438. The zero-order valence-corrected chi connectivity index (χ0v) is 14.2. The number of carbonyl (C=O) groups excluding carboxylic acids is 1. The quantitative estimate of drug-likeness (QED) is 0.685.